The minimum Gasteiger partial charge on any atom is -0.480 e. The fourth-order valence-electron chi connectivity index (χ4n) is 2.18. The molecule has 0 fully saturated rings. The van der Waals surface area contributed by atoms with E-state index in [1.807, 2.05) is 6.07 Å². The Balaban J connectivity index is 2.88. The summed E-state index contributed by atoms with van der Waals surface area (Å²) < 4.78 is 0. The average molecular weight is 364 g/mol. The molecule has 1 aromatic carbocycles. The molecule has 7 N–H and O–H groups in total. The van der Waals surface area contributed by atoms with Crippen molar-refractivity contribution in [3.05, 3.63) is 35.9 Å². The number of benzene rings is 1. The first-order chi connectivity index (χ1) is 12.2. The van der Waals surface area contributed by atoms with E-state index in [0.717, 1.165) is 5.56 Å². The molecular weight excluding hydrogens is 340 g/mol. The van der Waals surface area contributed by atoms with Gasteiger partial charge in [-0.25, -0.2) is 4.79 Å². The molecule has 0 radical (unpaired) electrons. The quantitative estimate of drug-likeness (QED) is 0.353. The van der Waals surface area contributed by atoms with Gasteiger partial charge in [0.15, 0.2) is 0 Å². The minimum absolute atomic E-state index is 0.143. The van der Waals surface area contributed by atoms with E-state index in [9.17, 15) is 24.3 Å². The first-order valence-electron chi connectivity index (χ1n) is 8.12. The summed E-state index contributed by atoms with van der Waals surface area (Å²) in [6.45, 7) is 1.47. The van der Waals surface area contributed by atoms with Crippen molar-refractivity contribution < 1.29 is 24.3 Å². The molecule has 0 heterocycles. The molecule has 142 valence electrons. The van der Waals surface area contributed by atoms with Crippen LogP contribution >= 0.6 is 0 Å². The predicted octanol–water partition coefficient (Wildman–Crippen LogP) is -1.10. The predicted molar refractivity (Wildman–Crippen MR) is 93.7 cm³/mol. The molecule has 0 saturated heterocycles. The van der Waals surface area contributed by atoms with Gasteiger partial charge in [0, 0.05) is 12.8 Å². The smallest absolute Gasteiger partial charge is 0.326 e. The highest BCUT2D eigenvalue weighted by molar-refractivity contribution is 5.92. The molecule has 3 atom stereocenters. The van der Waals surface area contributed by atoms with Gasteiger partial charge < -0.3 is 27.2 Å². The number of hydrogen-bond acceptors (Lipinski definition) is 5. The molecule has 0 aliphatic carbocycles. The van der Waals surface area contributed by atoms with E-state index in [2.05, 4.69) is 10.6 Å². The lowest BCUT2D eigenvalue weighted by Gasteiger charge is -2.22. The summed E-state index contributed by atoms with van der Waals surface area (Å²) in [6, 6.07) is 5.80. The molecule has 0 aromatic heterocycles. The van der Waals surface area contributed by atoms with E-state index < -0.39 is 41.8 Å². The summed E-state index contributed by atoms with van der Waals surface area (Å²) in [5.74, 6) is -3.18. The first kappa shape index (κ1) is 21.1. The van der Waals surface area contributed by atoms with Crippen molar-refractivity contribution in [2.24, 2.45) is 11.5 Å². The molecule has 0 saturated carbocycles. The maximum atomic E-state index is 12.5. The largest absolute Gasteiger partial charge is 0.480 e. The van der Waals surface area contributed by atoms with Crippen LogP contribution < -0.4 is 22.1 Å². The number of nitrogens with one attached hydrogen (secondary N) is 2. The van der Waals surface area contributed by atoms with Crippen LogP contribution in [-0.2, 0) is 25.6 Å². The molecule has 3 amide bonds. The summed E-state index contributed by atoms with van der Waals surface area (Å²) in [7, 11) is 0. The lowest BCUT2D eigenvalue weighted by Crippen LogP contribution is -2.54. The van der Waals surface area contributed by atoms with Crippen LogP contribution in [0.25, 0.3) is 0 Å². The lowest BCUT2D eigenvalue weighted by molar-refractivity contribution is -0.142. The van der Waals surface area contributed by atoms with Gasteiger partial charge in [0.1, 0.15) is 12.1 Å². The van der Waals surface area contributed by atoms with Crippen LogP contribution in [-0.4, -0.2) is 46.9 Å². The Morgan fingerprint density at radius 1 is 1.04 bits per heavy atom. The molecule has 0 bridgehead atoms. The van der Waals surface area contributed by atoms with Crippen LogP contribution in [0.2, 0.25) is 0 Å². The molecule has 9 heteroatoms. The molecular formula is C17H24N4O5. The lowest BCUT2D eigenvalue weighted by atomic mass is 10.0. The minimum atomic E-state index is -1.29. The Labute approximate surface area is 151 Å². The zero-order valence-electron chi connectivity index (χ0n) is 14.5. The van der Waals surface area contributed by atoms with Crippen molar-refractivity contribution in [1.82, 2.24) is 10.6 Å². The summed E-state index contributed by atoms with van der Waals surface area (Å²) >= 11 is 0. The molecule has 9 nitrogen and oxygen atoms in total. The van der Waals surface area contributed by atoms with Gasteiger partial charge in [-0.05, 0) is 18.9 Å². The van der Waals surface area contributed by atoms with Crippen molar-refractivity contribution in [3.8, 4) is 0 Å². The average Bonchev–Trinajstić information content (AvgIpc) is 2.58. The Bertz CT molecular complexity index is 648. The van der Waals surface area contributed by atoms with Crippen LogP contribution in [0.3, 0.4) is 0 Å². The third kappa shape index (κ3) is 7.31. The zero-order valence-corrected chi connectivity index (χ0v) is 14.5. The Hall–Kier alpha value is -2.94. The van der Waals surface area contributed by atoms with Gasteiger partial charge in [0.25, 0.3) is 0 Å². The Morgan fingerprint density at radius 3 is 2.12 bits per heavy atom. The Kier molecular flexibility index (Phi) is 8.23. The number of primary amides is 1. The second kappa shape index (κ2) is 10.1. The number of amides is 3. The number of carboxylic acid groups (broad SMARTS) is 1. The second-order valence-electron chi connectivity index (χ2n) is 5.94. The van der Waals surface area contributed by atoms with E-state index in [1.165, 1.54) is 6.92 Å². The Morgan fingerprint density at radius 2 is 1.62 bits per heavy atom. The van der Waals surface area contributed by atoms with Crippen molar-refractivity contribution in [3.63, 3.8) is 0 Å². The van der Waals surface area contributed by atoms with Crippen molar-refractivity contribution in [2.75, 3.05) is 0 Å². The summed E-state index contributed by atoms with van der Waals surface area (Å²) in [6.07, 6.45) is -0.171. The summed E-state index contributed by atoms with van der Waals surface area (Å²) in [5, 5.41) is 14.1. The fraction of sp³-hybridized carbons (Fsp3) is 0.412. The normalized spacial score (nSPS) is 13.9. The van der Waals surface area contributed by atoms with Gasteiger partial charge in [0.2, 0.25) is 17.7 Å². The van der Waals surface area contributed by atoms with Crippen LogP contribution in [0.1, 0.15) is 25.3 Å². The third-order valence-electron chi connectivity index (χ3n) is 3.62. The zero-order chi connectivity index (χ0) is 19.7. The van der Waals surface area contributed by atoms with Crippen molar-refractivity contribution in [2.45, 2.75) is 44.3 Å². The maximum Gasteiger partial charge on any atom is 0.326 e. The number of rotatable bonds is 10. The first-order valence-corrected chi connectivity index (χ1v) is 8.12. The highest BCUT2D eigenvalue weighted by Crippen LogP contribution is 2.05. The summed E-state index contributed by atoms with van der Waals surface area (Å²) in [4.78, 5) is 46.5. The van der Waals surface area contributed by atoms with E-state index in [4.69, 9.17) is 11.5 Å². The number of nitrogens with two attached hydrogens (primary N) is 2. The molecule has 0 aliphatic heterocycles. The van der Waals surface area contributed by atoms with E-state index in [-0.39, 0.29) is 19.3 Å². The van der Waals surface area contributed by atoms with Gasteiger partial charge in [0.05, 0.1) is 6.04 Å². The second-order valence-corrected chi connectivity index (χ2v) is 5.94. The van der Waals surface area contributed by atoms with Gasteiger partial charge in [-0.1, -0.05) is 30.3 Å². The van der Waals surface area contributed by atoms with E-state index in [0.29, 0.717) is 0 Å². The molecule has 3 unspecified atom stereocenters. The van der Waals surface area contributed by atoms with Crippen LogP contribution in [0.4, 0.5) is 0 Å². The standard InChI is InChI=1S/C17H24N4O5/c1-10(18)15(23)21-13(9-11-5-3-2-4-6-11)16(24)20-12(17(25)26)7-8-14(19)22/h2-6,10,12-13H,7-9,18H2,1H3,(H2,19,22)(H,20,24)(H,21,23)(H,25,26). The van der Waals surface area contributed by atoms with E-state index >= 15 is 0 Å². The highest BCUT2D eigenvalue weighted by atomic mass is 16.4. The fourth-order valence-corrected chi connectivity index (χ4v) is 2.18. The van der Waals surface area contributed by atoms with Gasteiger partial charge in [-0.15, -0.1) is 0 Å². The molecule has 0 spiro atoms. The van der Waals surface area contributed by atoms with Crippen LogP contribution in [0, 0.1) is 0 Å². The van der Waals surface area contributed by atoms with Gasteiger partial charge in [-0.3, -0.25) is 14.4 Å². The van der Waals surface area contributed by atoms with Crippen LogP contribution in [0.15, 0.2) is 30.3 Å². The van der Waals surface area contributed by atoms with Crippen molar-refractivity contribution >= 4 is 23.7 Å². The maximum absolute atomic E-state index is 12.5. The highest BCUT2D eigenvalue weighted by Gasteiger charge is 2.27. The SMILES string of the molecule is CC(N)C(=O)NC(Cc1ccccc1)C(=O)NC(CCC(N)=O)C(=O)O. The van der Waals surface area contributed by atoms with E-state index in [1.54, 1.807) is 24.3 Å². The number of carboxylic acids is 1. The number of carbonyl (C=O) groups is 4. The number of carbonyl (C=O) groups excluding carboxylic acids is 3. The number of hydrogen-bond donors (Lipinski definition) is 5. The molecule has 0 aliphatic rings. The molecule has 1 aromatic rings. The molecule has 1 rings (SSSR count). The van der Waals surface area contributed by atoms with Gasteiger partial charge in [-0.2, -0.15) is 0 Å². The monoisotopic (exact) mass is 364 g/mol. The van der Waals surface area contributed by atoms with Crippen molar-refractivity contribution in [1.29, 1.82) is 0 Å². The van der Waals surface area contributed by atoms with Crippen LogP contribution in [0.5, 0.6) is 0 Å². The summed E-state index contributed by atoms with van der Waals surface area (Å²) in [5.41, 5.74) is 11.3. The topological polar surface area (TPSA) is 165 Å². The van der Waals surface area contributed by atoms with Gasteiger partial charge >= 0.3 is 5.97 Å². The molecule has 26 heavy (non-hydrogen) atoms. The number of aliphatic carboxylic acids is 1. The third-order valence-corrected chi connectivity index (χ3v) is 3.62.